The van der Waals surface area contributed by atoms with Gasteiger partial charge < -0.3 is 14.1 Å². The first-order valence-electron chi connectivity index (χ1n) is 7.33. The molecule has 4 rings (SSSR count). The van der Waals surface area contributed by atoms with E-state index in [0.717, 1.165) is 10.9 Å². The second-order valence-corrected chi connectivity index (χ2v) is 5.48. The number of aromatic amines is 1. The quantitative estimate of drug-likeness (QED) is 0.561. The maximum Gasteiger partial charge on any atom is 0.338 e. The van der Waals surface area contributed by atoms with Gasteiger partial charge in [-0.1, -0.05) is 0 Å². The van der Waals surface area contributed by atoms with Gasteiger partial charge in [-0.25, -0.2) is 14.2 Å². The van der Waals surface area contributed by atoms with Crippen LogP contribution in [0, 0.1) is 12.7 Å². The Labute approximate surface area is 136 Å². The average molecular weight is 324 g/mol. The van der Waals surface area contributed by atoms with Crippen LogP contribution >= 0.6 is 0 Å². The van der Waals surface area contributed by atoms with E-state index in [-0.39, 0.29) is 5.82 Å². The molecule has 5 nitrogen and oxygen atoms in total. The van der Waals surface area contributed by atoms with E-state index in [2.05, 4.69) is 9.97 Å². The number of nitrogens with zero attached hydrogens (tertiary/aromatic N) is 1. The zero-order valence-corrected chi connectivity index (χ0v) is 13.0. The molecule has 0 unspecified atom stereocenters. The lowest BCUT2D eigenvalue weighted by Gasteiger charge is -2.07. The number of halogens is 1. The van der Waals surface area contributed by atoms with Crippen LogP contribution in [-0.4, -0.2) is 23.0 Å². The molecular weight excluding hydrogens is 311 g/mol. The number of esters is 1. The molecule has 0 saturated heterocycles. The zero-order valence-electron chi connectivity index (χ0n) is 13.0. The molecule has 0 aliphatic carbocycles. The predicted octanol–water partition coefficient (Wildman–Crippen LogP) is 4.21. The summed E-state index contributed by atoms with van der Waals surface area (Å²) >= 11 is 0. The summed E-state index contributed by atoms with van der Waals surface area (Å²) in [5, 5.41) is 0.803. The first-order chi connectivity index (χ1) is 11.6. The zero-order chi connectivity index (χ0) is 16.8. The SMILES string of the molecule is COC(=O)c1cc2nc(C)oc2cc1-c1c[nH]c2cc(F)ccc12. The minimum Gasteiger partial charge on any atom is -0.465 e. The summed E-state index contributed by atoms with van der Waals surface area (Å²) in [6.07, 6.45) is 1.74. The van der Waals surface area contributed by atoms with E-state index < -0.39 is 5.97 Å². The number of benzene rings is 2. The first kappa shape index (κ1) is 14.4. The molecule has 24 heavy (non-hydrogen) atoms. The third-order valence-corrected chi connectivity index (χ3v) is 3.97. The molecule has 2 aromatic carbocycles. The average Bonchev–Trinajstić information content (AvgIpc) is 3.14. The largest absolute Gasteiger partial charge is 0.465 e. The molecule has 0 radical (unpaired) electrons. The minimum atomic E-state index is -0.469. The van der Waals surface area contributed by atoms with Crippen molar-refractivity contribution in [1.29, 1.82) is 0 Å². The van der Waals surface area contributed by atoms with Gasteiger partial charge in [0.05, 0.1) is 12.7 Å². The normalized spacial score (nSPS) is 11.3. The van der Waals surface area contributed by atoms with E-state index in [1.165, 1.54) is 19.2 Å². The smallest absolute Gasteiger partial charge is 0.338 e. The lowest BCUT2D eigenvalue weighted by Crippen LogP contribution is -2.03. The Balaban J connectivity index is 2.04. The fourth-order valence-corrected chi connectivity index (χ4v) is 2.91. The number of nitrogens with one attached hydrogen (secondary N) is 1. The van der Waals surface area contributed by atoms with Crippen molar-refractivity contribution < 1.29 is 18.3 Å². The van der Waals surface area contributed by atoms with Crippen LogP contribution in [0.1, 0.15) is 16.2 Å². The Morgan fingerprint density at radius 1 is 1.25 bits per heavy atom. The van der Waals surface area contributed by atoms with Crippen LogP contribution in [-0.2, 0) is 4.74 Å². The van der Waals surface area contributed by atoms with Gasteiger partial charge >= 0.3 is 5.97 Å². The maximum absolute atomic E-state index is 13.4. The number of methoxy groups -OCH3 is 1. The Bertz CT molecular complexity index is 1090. The summed E-state index contributed by atoms with van der Waals surface area (Å²) in [7, 11) is 1.33. The second-order valence-electron chi connectivity index (χ2n) is 5.48. The number of aromatic nitrogens is 2. The Morgan fingerprint density at radius 3 is 2.88 bits per heavy atom. The van der Waals surface area contributed by atoms with Crippen molar-refractivity contribution in [3.63, 3.8) is 0 Å². The van der Waals surface area contributed by atoms with Crippen molar-refractivity contribution >= 4 is 28.0 Å². The van der Waals surface area contributed by atoms with Crippen LogP contribution in [0.3, 0.4) is 0 Å². The van der Waals surface area contributed by atoms with Gasteiger partial charge in [0.15, 0.2) is 11.5 Å². The number of H-pyrrole nitrogens is 1. The molecule has 0 aliphatic heterocycles. The van der Waals surface area contributed by atoms with Gasteiger partial charge in [0.1, 0.15) is 11.3 Å². The minimum absolute atomic E-state index is 0.328. The number of ether oxygens (including phenoxy) is 1. The molecule has 2 heterocycles. The molecule has 0 fully saturated rings. The second kappa shape index (κ2) is 5.19. The number of fused-ring (bicyclic) bond motifs is 2. The van der Waals surface area contributed by atoms with Crippen molar-refractivity contribution in [2.75, 3.05) is 7.11 Å². The molecule has 1 N–H and O–H groups in total. The topological polar surface area (TPSA) is 68.1 Å². The predicted molar refractivity (Wildman–Crippen MR) is 87.3 cm³/mol. The van der Waals surface area contributed by atoms with Crippen molar-refractivity contribution in [3.05, 3.63) is 53.8 Å². The Morgan fingerprint density at radius 2 is 2.08 bits per heavy atom. The van der Waals surface area contributed by atoms with Crippen molar-refractivity contribution in [3.8, 4) is 11.1 Å². The fraction of sp³-hybridized carbons (Fsp3) is 0.111. The summed E-state index contributed by atoms with van der Waals surface area (Å²) in [6.45, 7) is 1.74. The number of hydrogen-bond donors (Lipinski definition) is 1. The molecule has 0 atom stereocenters. The van der Waals surface area contributed by atoms with Crippen molar-refractivity contribution in [2.24, 2.45) is 0 Å². The van der Waals surface area contributed by atoms with Gasteiger partial charge in [-0.3, -0.25) is 0 Å². The van der Waals surface area contributed by atoms with Crippen molar-refractivity contribution in [1.82, 2.24) is 9.97 Å². The fourth-order valence-electron chi connectivity index (χ4n) is 2.91. The molecule has 4 aromatic rings. The van der Waals surface area contributed by atoms with E-state index in [1.54, 1.807) is 31.3 Å². The van der Waals surface area contributed by atoms with Crippen LogP contribution in [0.2, 0.25) is 0 Å². The van der Waals surface area contributed by atoms with E-state index in [9.17, 15) is 9.18 Å². The molecule has 0 aliphatic rings. The van der Waals surface area contributed by atoms with E-state index in [0.29, 0.717) is 33.6 Å². The number of carbonyl (C=O) groups excluding carboxylic acids is 1. The Kier molecular flexibility index (Phi) is 3.13. The highest BCUT2D eigenvalue weighted by molar-refractivity contribution is 6.06. The molecule has 0 saturated carbocycles. The highest BCUT2D eigenvalue weighted by atomic mass is 19.1. The van der Waals surface area contributed by atoms with E-state index >= 15 is 0 Å². The molecule has 6 heteroatoms. The van der Waals surface area contributed by atoms with Gasteiger partial charge in [0.25, 0.3) is 0 Å². The molecule has 120 valence electrons. The first-order valence-corrected chi connectivity index (χ1v) is 7.33. The monoisotopic (exact) mass is 324 g/mol. The summed E-state index contributed by atoms with van der Waals surface area (Å²) in [5.41, 5.74) is 3.59. The molecule has 0 bridgehead atoms. The van der Waals surface area contributed by atoms with Gasteiger partial charge in [0, 0.05) is 35.2 Å². The summed E-state index contributed by atoms with van der Waals surface area (Å²) in [6, 6.07) is 7.87. The van der Waals surface area contributed by atoms with E-state index in [1.807, 2.05) is 0 Å². The van der Waals surface area contributed by atoms with E-state index in [4.69, 9.17) is 9.15 Å². The van der Waals surface area contributed by atoms with Gasteiger partial charge in [0.2, 0.25) is 0 Å². The third kappa shape index (κ3) is 2.15. The Hall–Kier alpha value is -3.15. The van der Waals surface area contributed by atoms with Crippen LogP contribution in [0.5, 0.6) is 0 Å². The van der Waals surface area contributed by atoms with Gasteiger partial charge in [-0.05, 0) is 30.3 Å². The standard InChI is InChI=1S/C18H13FN2O3/c1-9-21-16-6-13(18(22)23-2)12(7-17(16)24-9)14-8-20-15-5-10(19)3-4-11(14)15/h3-8,20H,1-2H3. The summed E-state index contributed by atoms with van der Waals surface area (Å²) in [5.74, 6) is -0.284. The number of carbonyl (C=O) groups is 1. The number of hydrogen-bond acceptors (Lipinski definition) is 4. The number of rotatable bonds is 2. The molecule has 0 spiro atoms. The van der Waals surface area contributed by atoms with Gasteiger partial charge in [-0.2, -0.15) is 0 Å². The molecule has 2 aromatic heterocycles. The van der Waals surface area contributed by atoms with Crippen LogP contribution < -0.4 is 0 Å². The highest BCUT2D eigenvalue weighted by Crippen LogP contribution is 2.34. The van der Waals surface area contributed by atoms with Crippen LogP contribution in [0.25, 0.3) is 33.1 Å². The summed E-state index contributed by atoms with van der Waals surface area (Å²) < 4.78 is 23.9. The lowest BCUT2D eigenvalue weighted by atomic mass is 9.98. The third-order valence-electron chi connectivity index (χ3n) is 3.97. The van der Waals surface area contributed by atoms with Crippen LogP contribution in [0.15, 0.2) is 40.9 Å². The highest BCUT2D eigenvalue weighted by Gasteiger charge is 2.19. The maximum atomic E-state index is 13.4. The summed E-state index contributed by atoms with van der Waals surface area (Å²) in [4.78, 5) is 19.5. The number of oxazole rings is 1. The number of aryl methyl sites for hydroxylation is 1. The van der Waals surface area contributed by atoms with Gasteiger partial charge in [-0.15, -0.1) is 0 Å². The van der Waals surface area contributed by atoms with Crippen LogP contribution in [0.4, 0.5) is 4.39 Å². The molecule has 0 amide bonds. The lowest BCUT2D eigenvalue weighted by molar-refractivity contribution is 0.0602. The van der Waals surface area contributed by atoms with Crippen molar-refractivity contribution in [2.45, 2.75) is 6.92 Å². The molecular formula is C18H13FN2O3.